The maximum atomic E-state index is 12.4. The Hall–Kier alpha value is 0.120. The third-order valence-electron chi connectivity index (χ3n) is 3.89. The van der Waals surface area contributed by atoms with Crippen molar-refractivity contribution in [3.05, 3.63) is 0 Å². The van der Waals surface area contributed by atoms with Gasteiger partial charge < -0.3 is 5.73 Å². The van der Waals surface area contributed by atoms with Gasteiger partial charge in [-0.3, -0.25) is 0 Å². The van der Waals surface area contributed by atoms with E-state index in [2.05, 4.69) is 6.92 Å². The van der Waals surface area contributed by atoms with E-state index in [0.29, 0.717) is 32.1 Å². The second-order valence-corrected chi connectivity index (χ2v) is 7.25. The predicted molar refractivity (Wildman–Crippen MR) is 74.9 cm³/mol. The van der Waals surface area contributed by atoms with Gasteiger partial charge in [0.25, 0.3) is 10.2 Å². The summed E-state index contributed by atoms with van der Waals surface area (Å²) in [6, 6.07) is 0.169. The quantitative estimate of drug-likeness (QED) is 0.820. The Kier molecular flexibility index (Phi) is 5.86. The molecule has 18 heavy (non-hydrogen) atoms. The Labute approximate surface area is 116 Å². The molecule has 0 radical (unpaired) electrons. The summed E-state index contributed by atoms with van der Waals surface area (Å²) < 4.78 is 28.0. The number of rotatable bonds is 2. The fourth-order valence-corrected chi connectivity index (χ4v) is 4.16. The highest BCUT2D eigenvalue weighted by Crippen LogP contribution is 2.22. The van der Waals surface area contributed by atoms with Crippen LogP contribution in [-0.4, -0.2) is 49.2 Å². The monoisotopic (exact) mass is 297 g/mol. The Morgan fingerprint density at radius 3 is 1.78 bits per heavy atom. The molecule has 7 heteroatoms. The summed E-state index contributed by atoms with van der Waals surface area (Å²) >= 11 is 0. The highest BCUT2D eigenvalue weighted by atomic mass is 35.5. The molecule has 2 rings (SSSR count). The highest BCUT2D eigenvalue weighted by molar-refractivity contribution is 7.86. The average Bonchev–Trinajstić information content (AvgIpc) is 2.30. The summed E-state index contributed by atoms with van der Waals surface area (Å²) in [4.78, 5) is 0. The van der Waals surface area contributed by atoms with Gasteiger partial charge >= 0.3 is 0 Å². The predicted octanol–water partition coefficient (Wildman–Crippen LogP) is 0.808. The van der Waals surface area contributed by atoms with Crippen molar-refractivity contribution in [1.82, 2.24) is 8.61 Å². The maximum Gasteiger partial charge on any atom is 0.281 e. The van der Waals surface area contributed by atoms with Crippen molar-refractivity contribution in [1.29, 1.82) is 0 Å². The van der Waals surface area contributed by atoms with Crippen LogP contribution in [-0.2, 0) is 10.2 Å². The van der Waals surface area contributed by atoms with Crippen molar-refractivity contribution in [2.24, 2.45) is 11.7 Å². The summed E-state index contributed by atoms with van der Waals surface area (Å²) in [6.45, 7) is 4.69. The van der Waals surface area contributed by atoms with Crippen molar-refractivity contribution in [3.8, 4) is 0 Å². The van der Waals surface area contributed by atoms with Gasteiger partial charge in [0, 0.05) is 32.2 Å². The first-order chi connectivity index (χ1) is 8.00. The molecule has 2 aliphatic rings. The van der Waals surface area contributed by atoms with Gasteiger partial charge in [-0.1, -0.05) is 6.92 Å². The third-order valence-corrected chi connectivity index (χ3v) is 5.93. The second kappa shape index (κ2) is 6.52. The lowest BCUT2D eigenvalue weighted by Gasteiger charge is -2.36. The summed E-state index contributed by atoms with van der Waals surface area (Å²) in [5.41, 5.74) is 5.80. The van der Waals surface area contributed by atoms with Crippen LogP contribution in [0.25, 0.3) is 0 Å². The molecule has 0 unspecified atom stereocenters. The second-order valence-electron chi connectivity index (χ2n) is 5.33. The van der Waals surface area contributed by atoms with E-state index < -0.39 is 10.2 Å². The number of hydrogen-bond donors (Lipinski definition) is 1. The minimum Gasteiger partial charge on any atom is -0.328 e. The van der Waals surface area contributed by atoms with E-state index in [1.807, 2.05) is 0 Å². The number of nitrogens with two attached hydrogens (primary N) is 1. The Morgan fingerprint density at radius 1 is 0.944 bits per heavy atom. The van der Waals surface area contributed by atoms with Crippen LogP contribution in [0.5, 0.6) is 0 Å². The normalized spacial score (nSPS) is 25.9. The van der Waals surface area contributed by atoms with Gasteiger partial charge in [-0.2, -0.15) is 17.0 Å². The molecule has 0 bridgehead atoms. The smallest absolute Gasteiger partial charge is 0.281 e. The van der Waals surface area contributed by atoms with Crippen LogP contribution >= 0.6 is 12.4 Å². The van der Waals surface area contributed by atoms with Crippen LogP contribution < -0.4 is 5.73 Å². The van der Waals surface area contributed by atoms with E-state index in [9.17, 15) is 8.42 Å². The highest BCUT2D eigenvalue weighted by Gasteiger charge is 2.33. The van der Waals surface area contributed by atoms with E-state index in [1.165, 1.54) is 0 Å². The van der Waals surface area contributed by atoms with Gasteiger partial charge in [0.05, 0.1) is 0 Å². The molecule has 0 aliphatic carbocycles. The van der Waals surface area contributed by atoms with E-state index in [-0.39, 0.29) is 18.4 Å². The molecule has 2 heterocycles. The van der Waals surface area contributed by atoms with Crippen LogP contribution in [0, 0.1) is 5.92 Å². The van der Waals surface area contributed by atoms with Crippen LogP contribution in [0.4, 0.5) is 0 Å². The molecule has 2 N–H and O–H groups in total. The minimum absolute atomic E-state index is 0. The van der Waals surface area contributed by atoms with Crippen LogP contribution in [0.3, 0.4) is 0 Å². The summed E-state index contributed by atoms with van der Waals surface area (Å²) in [6.07, 6.45) is 3.52. The van der Waals surface area contributed by atoms with Crippen molar-refractivity contribution in [2.75, 3.05) is 26.2 Å². The van der Waals surface area contributed by atoms with E-state index in [4.69, 9.17) is 5.73 Å². The fourth-order valence-electron chi connectivity index (χ4n) is 2.49. The standard InChI is InChI=1S/C11H23N3O2S.ClH/c1-10-2-6-13(7-3-10)17(15,16)14-8-4-11(12)5-9-14;/h10-11H,2-9,12H2,1H3;1H. The fraction of sp³-hybridized carbons (Fsp3) is 1.00. The van der Waals surface area contributed by atoms with E-state index >= 15 is 0 Å². The maximum absolute atomic E-state index is 12.4. The first-order valence-electron chi connectivity index (χ1n) is 6.51. The molecule has 2 aliphatic heterocycles. The summed E-state index contributed by atoms with van der Waals surface area (Å²) in [5, 5.41) is 0. The van der Waals surface area contributed by atoms with Crippen molar-refractivity contribution in [2.45, 2.75) is 38.6 Å². The number of halogens is 1. The molecule has 108 valence electrons. The SMILES string of the molecule is CC1CCN(S(=O)(=O)N2CCC(N)CC2)CC1.Cl. The lowest BCUT2D eigenvalue weighted by Crippen LogP contribution is -2.50. The molecule has 0 saturated carbocycles. The first-order valence-corrected chi connectivity index (χ1v) is 7.90. The molecule has 0 atom stereocenters. The molecule has 0 aromatic heterocycles. The zero-order valence-corrected chi connectivity index (χ0v) is 12.5. The Balaban J connectivity index is 0.00000162. The van der Waals surface area contributed by atoms with Crippen molar-refractivity contribution in [3.63, 3.8) is 0 Å². The van der Waals surface area contributed by atoms with Gasteiger partial charge in [-0.15, -0.1) is 12.4 Å². The van der Waals surface area contributed by atoms with E-state index in [1.54, 1.807) is 8.61 Å². The summed E-state index contributed by atoms with van der Waals surface area (Å²) in [7, 11) is -3.22. The lowest BCUT2D eigenvalue weighted by molar-refractivity contribution is 0.247. The number of hydrogen-bond acceptors (Lipinski definition) is 3. The zero-order valence-electron chi connectivity index (χ0n) is 10.9. The van der Waals surface area contributed by atoms with Crippen LogP contribution in [0.1, 0.15) is 32.6 Å². The number of piperidine rings is 2. The van der Waals surface area contributed by atoms with Gasteiger partial charge in [0.2, 0.25) is 0 Å². The topological polar surface area (TPSA) is 66.6 Å². The largest absolute Gasteiger partial charge is 0.328 e. The third kappa shape index (κ3) is 3.57. The molecule has 0 aromatic carbocycles. The van der Waals surface area contributed by atoms with Crippen LogP contribution in [0.15, 0.2) is 0 Å². The molecule has 5 nitrogen and oxygen atoms in total. The molecule has 2 fully saturated rings. The molecule has 0 amide bonds. The molecular formula is C11H24ClN3O2S. The van der Waals surface area contributed by atoms with Gasteiger partial charge in [-0.25, -0.2) is 0 Å². The molecule has 0 spiro atoms. The average molecular weight is 298 g/mol. The first kappa shape index (κ1) is 16.2. The Bertz CT molecular complexity index is 319. The zero-order chi connectivity index (χ0) is 12.5. The van der Waals surface area contributed by atoms with Crippen molar-refractivity contribution >= 4 is 22.6 Å². The Morgan fingerprint density at radius 2 is 1.33 bits per heavy atom. The number of nitrogens with zero attached hydrogens (tertiary/aromatic N) is 2. The van der Waals surface area contributed by atoms with E-state index in [0.717, 1.165) is 25.7 Å². The van der Waals surface area contributed by atoms with Crippen molar-refractivity contribution < 1.29 is 8.42 Å². The molecular weight excluding hydrogens is 274 g/mol. The lowest BCUT2D eigenvalue weighted by atomic mass is 10.0. The molecule has 2 saturated heterocycles. The summed E-state index contributed by atoms with van der Waals surface area (Å²) in [5.74, 6) is 0.649. The minimum atomic E-state index is -3.22. The van der Waals surface area contributed by atoms with Gasteiger partial charge in [0.1, 0.15) is 0 Å². The van der Waals surface area contributed by atoms with Gasteiger partial charge in [-0.05, 0) is 31.6 Å². The molecule has 0 aromatic rings. The van der Waals surface area contributed by atoms with Gasteiger partial charge in [0.15, 0.2) is 0 Å². The van der Waals surface area contributed by atoms with Crippen LogP contribution in [0.2, 0.25) is 0 Å².